The number of benzene rings is 2. The van der Waals surface area contributed by atoms with E-state index < -0.39 is 0 Å². The van der Waals surface area contributed by atoms with Gasteiger partial charge < -0.3 is 15.1 Å². The minimum atomic E-state index is -0.219. The monoisotopic (exact) mass is 393 g/mol. The van der Waals surface area contributed by atoms with E-state index in [-0.39, 0.29) is 17.9 Å². The number of rotatable bonds is 2. The number of para-hydroxylation sites is 1. The van der Waals surface area contributed by atoms with Crippen LogP contribution in [0.15, 0.2) is 64.4 Å². The van der Waals surface area contributed by atoms with Gasteiger partial charge >= 0.3 is 0 Å². The second-order valence-corrected chi connectivity index (χ2v) is 8.31. The summed E-state index contributed by atoms with van der Waals surface area (Å²) in [6.07, 6.45) is 1.48. The van der Waals surface area contributed by atoms with Crippen LogP contribution < -0.4 is 10.2 Å². The highest BCUT2D eigenvalue weighted by atomic mass is 32.2. The van der Waals surface area contributed by atoms with E-state index in [2.05, 4.69) is 48.3 Å². The average Bonchev–Trinajstić information content (AvgIpc) is 2.68. The Morgan fingerprint density at radius 2 is 2.00 bits per heavy atom. The van der Waals surface area contributed by atoms with Crippen molar-refractivity contribution >= 4 is 35.0 Å². The van der Waals surface area contributed by atoms with Crippen molar-refractivity contribution in [3.63, 3.8) is 0 Å². The zero-order valence-corrected chi connectivity index (χ0v) is 16.8. The van der Waals surface area contributed by atoms with Crippen molar-refractivity contribution in [2.24, 2.45) is 0 Å². The summed E-state index contributed by atoms with van der Waals surface area (Å²) in [6, 6.07) is 16.3. The molecule has 2 aliphatic heterocycles. The lowest BCUT2D eigenvalue weighted by Gasteiger charge is -2.41. The third-order valence-electron chi connectivity index (χ3n) is 5.11. The first-order chi connectivity index (χ1) is 13.5. The molecule has 0 bridgehead atoms. The molecule has 2 heterocycles. The van der Waals surface area contributed by atoms with Crippen molar-refractivity contribution in [1.82, 2.24) is 4.90 Å². The van der Waals surface area contributed by atoms with Gasteiger partial charge in [-0.05, 0) is 43.7 Å². The summed E-state index contributed by atoms with van der Waals surface area (Å²) in [5, 5.41) is 2.85. The molecular formula is C22H23N3O2S. The van der Waals surface area contributed by atoms with E-state index in [0.717, 1.165) is 17.1 Å². The fourth-order valence-electron chi connectivity index (χ4n) is 3.65. The van der Waals surface area contributed by atoms with E-state index in [9.17, 15) is 9.59 Å². The Bertz CT molecular complexity index is 956. The minimum Gasteiger partial charge on any atom is -0.365 e. The largest absolute Gasteiger partial charge is 0.365 e. The number of thioether (sulfide) groups is 1. The normalized spacial score (nSPS) is 20.7. The molecule has 1 fully saturated rings. The van der Waals surface area contributed by atoms with Crippen molar-refractivity contribution in [3.05, 3.63) is 65.1 Å². The standard InChI is InChI=1S/C22H23N3O2S/c1-15-6-5-7-17(12-15)25-11-10-24(14-16(25)2)21(26)13-20-22(27)23-18-8-3-4-9-19(18)28-20/h3-9,12-13,16H,10-11,14H2,1-2H3,(H,23,27)/b20-13-/t16-/m1/s1. The molecule has 2 aliphatic rings. The maximum absolute atomic E-state index is 12.8. The molecule has 2 aromatic rings. The lowest BCUT2D eigenvalue weighted by molar-refractivity contribution is -0.127. The molecule has 1 saturated heterocycles. The molecule has 28 heavy (non-hydrogen) atoms. The smallest absolute Gasteiger partial charge is 0.262 e. The molecule has 5 nitrogen and oxygen atoms in total. The van der Waals surface area contributed by atoms with Crippen LogP contribution >= 0.6 is 11.8 Å². The first-order valence-electron chi connectivity index (χ1n) is 9.43. The van der Waals surface area contributed by atoms with Gasteiger partial charge in [0.25, 0.3) is 5.91 Å². The molecule has 2 aromatic carbocycles. The van der Waals surface area contributed by atoms with Crippen LogP contribution in [0, 0.1) is 6.92 Å². The maximum atomic E-state index is 12.8. The first-order valence-corrected chi connectivity index (χ1v) is 10.2. The maximum Gasteiger partial charge on any atom is 0.262 e. The van der Waals surface area contributed by atoms with Crippen LogP contribution in [0.3, 0.4) is 0 Å². The Kier molecular flexibility index (Phi) is 5.13. The summed E-state index contributed by atoms with van der Waals surface area (Å²) in [4.78, 5) is 30.7. The highest BCUT2D eigenvalue weighted by Crippen LogP contribution is 2.37. The van der Waals surface area contributed by atoms with Crippen molar-refractivity contribution in [3.8, 4) is 0 Å². The predicted octanol–water partition coefficient (Wildman–Crippen LogP) is 3.66. The van der Waals surface area contributed by atoms with Crippen molar-refractivity contribution < 1.29 is 9.59 Å². The van der Waals surface area contributed by atoms with Crippen LogP contribution in [-0.2, 0) is 9.59 Å². The topological polar surface area (TPSA) is 52.6 Å². The molecule has 0 radical (unpaired) electrons. The quantitative estimate of drug-likeness (QED) is 0.791. The first kappa shape index (κ1) is 18.6. The van der Waals surface area contributed by atoms with Crippen LogP contribution in [0.4, 0.5) is 11.4 Å². The summed E-state index contributed by atoms with van der Waals surface area (Å²) < 4.78 is 0. The number of amides is 2. The highest BCUT2D eigenvalue weighted by Gasteiger charge is 2.28. The number of hydrogen-bond acceptors (Lipinski definition) is 4. The van der Waals surface area contributed by atoms with E-state index in [1.807, 2.05) is 29.2 Å². The Balaban J connectivity index is 1.45. The molecule has 6 heteroatoms. The molecular weight excluding hydrogens is 370 g/mol. The minimum absolute atomic E-state index is 0.104. The SMILES string of the molecule is Cc1cccc(N2CCN(C(=O)/C=C3\Sc4ccccc4NC3=O)C[C@H]2C)c1. The fraction of sp³-hybridized carbons (Fsp3) is 0.273. The molecule has 2 amide bonds. The van der Waals surface area contributed by atoms with E-state index in [4.69, 9.17) is 0 Å². The van der Waals surface area contributed by atoms with Gasteiger partial charge in [-0.1, -0.05) is 36.0 Å². The molecule has 1 atom stereocenters. The van der Waals surface area contributed by atoms with Crippen molar-refractivity contribution in [1.29, 1.82) is 0 Å². The molecule has 0 saturated carbocycles. The Hall–Kier alpha value is -2.73. The summed E-state index contributed by atoms with van der Waals surface area (Å²) in [6.45, 7) is 6.28. The van der Waals surface area contributed by atoms with Gasteiger partial charge in [-0.3, -0.25) is 9.59 Å². The third-order valence-corrected chi connectivity index (χ3v) is 6.21. The number of anilines is 2. The number of nitrogens with zero attached hydrogens (tertiary/aromatic N) is 2. The van der Waals surface area contributed by atoms with Gasteiger partial charge in [-0.15, -0.1) is 0 Å². The van der Waals surface area contributed by atoms with Gasteiger partial charge in [0, 0.05) is 42.3 Å². The van der Waals surface area contributed by atoms with Crippen molar-refractivity contribution in [2.45, 2.75) is 24.8 Å². The van der Waals surface area contributed by atoms with Crippen LogP contribution in [0.1, 0.15) is 12.5 Å². The summed E-state index contributed by atoms with van der Waals surface area (Å²) in [7, 11) is 0. The molecule has 0 aromatic heterocycles. The second kappa shape index (κ2) is 7.72. The van der Waals surface area contributed by atoms with Gasteiger partial charge in [0.15, 0.2) is 0 Å². The van der Waals surface area contributed by atoms with E-state index in [1.54, 1.807) is 0 Å². The van der Waals surface area contributed by atoms with Gasteiger partial charge in [-0.25, -0.2) is 0 Å². The Morgan fingerprint density at radius 1 is 1.18 bits per heavy atom. The molecule has 1 N–H and O–H groups in total. The van der Waals surface area contributed by atoms with E-state index >= 15 is 0 Å². The number of piperazine rings is 1. The van der Waals surface area contributed by atoms with E-state index in [1.165, 1.54) is 29.1 Å². The Labute approximate surface area is 169 Å². The molecule has 0 aliphatic carbocycles. The van der Waals surface area contributed by atoms with Gasteiger partial charge in [0.2, 0.25) is 5.91 Å². The summed E-state index contributed by atoms with van der Waals surface area (Å²) in [5.41, 5.74) is 3.22. The number of hydrogen-bond donors (Lipinski definition) is 1. The van der Waals surface area contributed by atoms with Gasteiger partial charge in [0.1, 0.15) is 0 Å². The van der Waals surface area contributed by atoms with Crippen LogP contribution in [-0.4, -0.2) is 42.4 Å². The Morgan fingerprint density at radius 3 is 2.79 bits per heavy atom. The zero-order chi connectivity index (χ0) is 19.7. The number of carbonyl (C=O) groups excluding carboxylic acids is 2. The number of aryl methyl sites for hydroxylation is 1. The molecule has 0 spiro atoms. The fourth-order valence-corrected chi connectivity index (χ4v) is 4.57. The lowest BCUT2D eigenvalue weighted by Crippen LogP contribution is -2.53. The van der Waals surface area contributed by atoms with Crippen LogP contribution in [0.5, 0.6) is 0 Å². The summed E-state index contributed by atoms with van der Waals surface area (Å²) >= 11 is 1.35. The lowest BCUT2D eigenvalue weighted by atomic mass is 10.1. The average molecular weight is 394 g/mol. The van der Waals surface area contributed by atoms with Gasteiger partial charge in [-0.2, -0.15) is 0 Å². The third kappa shape index (κ3) is 3.78. The number of carbonyl (C=O) groups is 2. The molecule has 0 unspecified atom stereocenters. The van der Waals surface area contributed by atoms with Crippen molar-refractivity contribution in [2.75, 3.05) is 29.9 Å². The van der Waals surface area contributed by atoms with Crippen LogP contribution in [0.25, 0.3) is 0 Å². The number of fused-ring (bicyclic) bond motifs is 1. The molecule has 144 valence electrons. The highest BCUT2D eigenvalue weighted by molar-refractivity contribution is 8.04. The molecule has 4 rings (SSSR count). The van der Waals surface area contributed by atoms with Gasteiger partial charge in [0.05, 0.1) is 10.6 Å². The second-order valence-electron chi connectivity index (χ2n) is 7.23. The summed E-state index contributed by atoms with van der Waals surface area (Å²) in [5.74, 6) is -0.323. The zero-order valence-electron chi connectivity index (χ0n) is 16.0. The van der Waals surface area contributed by atoms with Crippen LogP contribution in [0.2, 0.25) is 0 Å². The predicted molar refractivity (Wildman–Crippen MR) is 114 cm³/mol. The van der Waals surface area contributed by atoms with E-state index in [0.29, 0.717) is 18.0 Å². The number of nitrogens with one attached hydrogen (secondary N) is 1.